The van der Waals surface area contributed by atoms with Gasteiger partial charge in [-0.1, -0.05) is 47.5 Å². The number of halogens is 1. The SMILES string of the molecule is Cc1ccc(Cn2nccc2NC(=O)c2cccc(Cl)c2)cc1. The van der Waals surface area contributed by atoms with Gasteiger partial charge in [-0.25, -0.2) is 4.68 Å². The summed E-state index contributed by atoms with van der Waals surface area (Å²) in [7, 11) is 0. The smallest absolute Gasteiger partial charge is 0.256 e. The van der Waals surface area contributed by atoms with Crippen molar-refractivity contribution in [2.45, 2.75) is 13.5 Å². The first-order valence-corrected chi connectivity index (χ1v) is 7.64. The number of amides is 1. The second-order valence-electron chi connectivity index (χ2n) is 5.32. The van der Waals surface area contributed by atoms with Crippen molar-refractivity contribution < 1.29 is 4.79 Å². The summed E-state index contributed by atoms with van der Waals surface area (Å²) < 4.78 is 1.76. The molecule has 0 saturated carbocycles. The zero-order chi connectivity index (χ0) is 16.2. The van der Waals surface area contributed by atoms with E-state index in [1.54, 1.807) is 41.2 Å². The average Bonchev–Trinajstić information content (AvgIpc) is 2.96. The maximum atomic E-state index is 12.3. The predicted molar refractivity (Wildman–Crippen MR) is 91.9 cm³/mol. The van der Waals surface area contributed by atoms with E-state index < -0.39 is 0 Å². The highest BCUT2D eigenvalue weighted by Gasteiger charge is 2.10. The van der Waals surface area contributed by atoms with Crippen LogP contribution in [0.5, 0.6) is 0 Å². The third kappa shape index (κ3) is 3.79. The van der Waals surface area contributed by atoms with E-state index in [1.807, 2.05) is 6.92 Å². The van der Waals surface area contributed by atoms with Gasteiger partial charge in [0.25, 0.3) is 5.91 Å². The summed E-state index contributed by atoms with van der Waals surface area (Å²) in [6, 6.07) is 16.8. The fraction of sp³-hybridized carbons (Fsp3) is 0.111. The molecule has 0 aliphatic rings. The largest absolute Gasteiger partial charge is 0.307 e. The number of hydrogen-bond acceptors (Lipinski definition) is 2. The minimum absolute atomic E-state index is 0.210. The van der Waals surface area contributed by atoms with E-state index in [1.165, 1.54) is 5.56 Å². The molecule has 1 amide bonds. The maximum Gasteiger partial charge on any atom is 0.256 e. The third-order valence-electron chi connectivity index (χ3n) is 3.50. The monoisotopic (exact) mass is 325 g/mol. The lowest BCUT2D eigenvalue weighted by Gasteiger charge is -2.09. The van der Waals surface area contributed by atoms with Crippen molar-refractivity contribution in [2.75, 3.05) is 5.32 Å². The first-order chi connectivity index (χ1) is 11.1. The highest BCUT2D eigenvalue weighted by molar-refractivity contribution is 6.31. The molecule has 3 aromatic rings. The van der Waals surface area contributed by atoms with Crippen LogP contribution < -0.4 is 5.32 Å². The van der Waals surface area contributed by atoms with Gasteiger partial charge in [-0.3, -0.25) is 4.79 Å². The normalized spacial score (nSPS) is 10.5. The molecule has 23 heavy (non-hydrogen) atoms. The minimum atomic E-state index is -0.210. The number of hydrogen-bond donors (Lipinski definition) is 1. The zero-order valence-corrected chi connectivity index (χ0v) is 13.4. The van der Waals surface area contributed by atoms with E-state index in [4.69, 9.17) is 11.6 Å². The lowest BCUT2D eigenvalue weighted by Crippen LogP contribution is -2.16. The topological polar surface area (TPSA) is 46.9 Å². The molecular weight excluding hydrogens is 310 g/mol. The molecule has 5 heteroatoms. The van der Waals surface area contributed by atoms with Crippen LogP contribution in [-0.2, 0) is 6.54 Å². The van der Waals surface area contributed by atoms with Crippen molar-refractivity contribution in [3.05, 3.63) is 82.5 Å². The van der Waals surface area contributed by atoms with E-state index in [0.29, 0.717) is 22.9 Å². The van der Waals surface area contributed by atoms with Crippen LogP contribution in [-0.4, -0.2) is 15.7 Å². The molecule has 1 aromatic heterocycles. The van der Waals surface area contributed by atoms with Crippen LogP contribution in [0.3, 0.4) is 0 Å². The van der Waals surface area contributed by atoms with Crippen molar-refractivity contribution in [3.8, 4) is 0 Å². The van der Waals surface area contributed by atoms with Crippen molar-refractivity contribution in [1.29, 1.82) is 0 Å². The Morgan fingerprint density at radius 3 is 2.70 bits per heavy atom. The third-order valence-corrected chi connectivity index (χ3v) is 3.73. The van der Waals surface area contributed by atoms with E-state index in [9.17, 15) is 4.79 Å². The maximum absolute atomic E-state index is 12.3. The molecule has 116 valence electrons. The lowest BCUT2D eigenvalue weighted by atomic mass is 10.1. The highest BCUT2D eigenvalue weighted by atomic mass is 35.5. The number of nitrogens with zero attached hydrogens (tertiary/aromatic N) is 2. The van der Waals surface area contributed by atoms with Crippen molar-refractivity contribution in [2.24, 2.45) is 0 Å². The van der Waals surface area contributed by atoms with Crippen molar-refractivity contribution >= 4 is 23.3 Å². The van der Waals surface area contributed by atoms with Gasteiger partial charge in [0.2, 0.25) is 0 Å². The van der Waals surface area contributed by atoms with Gasteiger partial charge in [0.15, 0.2) is 0 Å². The molecule has 0 saturated heterocycles. The van der Waals surface area contributed by atoms with Crippen molar-refractivity contribution in [1.82, 2.24) is 9.78 Å². The van der Waals surface area contributed by atoms with E-state index >= 15 is 0 Å². The van der Waals surface area contributed by atoms with Crippen LogP contribution in [0.15, 0.2) is 60.8 Å². The summed E-state index contributed by atoms with van der Waals surface area (Å²) in [6.07, 6.45) is 1.67. The molecule has 0 spiro atoms. The first-order valence-electron chi connectivity index (χ1n) is 7.26. The molecule has 0 radical (unpaired) electrons. The van der Waals surface area contributed by atoms with Gasteiger partial charge in [0, 0.05) is 16.7 Å². The second-order valence-corrected chi connectivity index (χ2v) is 5.76. The molecule has 0 fully saturated rings. The minimum Gasteiger partial charge on any atom is -0.307 e. The summed E-state index contributed by atoms with van der Waals surface area (Å²) >= 11 is 5.92. The molecule has 1 N–H and O–H groups in total. The molecule has 0 aliphatic carbocycles. The highest BCUT2D eigenvalue weighted by Crippen LogP contribution is 2.15. The van der Waals surface area contributed by atoms with Crippen LogP contribution in [0, 0.1) is 6.92 Å². The van der Waals surface area contributed by atoms with Gasteiger partial charge >= 0.3 is 0 Å². The summed E-state index contributed by atoms with van der Waals surface area (Å²) in [4.78, 5) is 12.3. The van der Waals surface area contributed by atoms with Crippen LogP contribution in [0.2, 0.25) is 5.02 Å². The lowest BCUT2D eigenvalue weighted by molar-refractivity contribution is 0.102. The van der Waals surface area contributed by atoms with Crippen LogP contribution >= 0.6 is 11.6 Å². The standard InChI is InChI=1S/C18H16ClN3O/c1-13-5-7-14(8-6-13)12-22-17(9-10-20-22)21-18(23)15-3-2-4-16(19)11-15/h2-11H,12H2,1H3,(H,21,23). The van der Waals surface area contributed by atoms with Gasteiger partial charge in [-0.15, -0.1) is 0 Å². The zero-order valence-electron chi connectivity index (χ0n) is 12.7. The van der Waals surface area contributed by atoms with Crippen LogP contribution in [0.4, 0.5) is 5.82 Å². The van der Waals surface area contributed by atoms with Gasteiger partial charge in [-0.2, -0.15) is 5.10 Å². The van der Waals surface area contributed by atoms with Crippen molar-refractivity contribution in [3.63, 3.8) is 0 Å². The molecular formula is C18H16ClN3O. The van der Waals surface area contributed by atoms with E-state index in [2.05, 4.69) is 34.7 Å². The number of rotatable bonds is 4. The number of carbonyl (C=O) groups is 1. The van der Waals surface area contributed by atoms with Gasteiger partial charge in [-0.05, 0) is 30.7 Å². The molecule has 1 heterocycles. The fourth-order valence-corrected chi connectivity index (χ4v) is 2.44. The Morgan fingerprint density at radius 2 is 1.96 bits per heavy atom. The Balaban J connectivity index is 1.75. The van der Waals surface area contributed by atoms with Gasteiger partial charge < -0.3 is 5.32 Å². The average molecular weight is 326 g/mol. The Hall–Kier alpha value is -2.59. The molecule has 4 nitrogen and oxygen atoms in total. The summed E-state index contributed by atoms with van der Waals surface area (Å²) in [6.45, 7) is 2.65. The van der Waals surface area contributed by atoms with E-state index in [-0.39, 0.29) is 5.91 Å². The van der Waals surface area contributed by atoms with Crippen LogP contribution in [0.25, 0.3) is 0 Å². The summed E-state index contributed by atoms with van der Waals surface area (Å²) in [5.41, 5.74) is 2.85. The number of nitrogens with one attached hydrogen (secondary N) is 1. The van der Waals surface area contributed by atoms with Crippen LogP contribution in [0.1, 0.15) is 21.5 Å². The fourth-order valence-electron chi connectivity index (χ4n) is 2.25. The molecule has 0 unspecified atom stereocenters. The Labute approximate surface area is 139 Å². The van der Waals surface area contributed by atoms with E-state index in [0.717, 1.165) is 5.56 Å². The molecule has 0 aliphatic heterocycles. The van der Waals surface area contributed by atoms with Gasteiger partial charge in [0.05, 0.1) is 12.7 Å². The number of carbonyl (C=O) groups excluding carboxylic acids is 1. The first kappa shape index (κ1) is 15.3. The molecule has 2 aromatic carbocycles. The Bertz CT molecular complexity index is 824. The quantitative estimate of drug-likeness (QED) is 0.783. The number of aromatic nitrogens is 2. The number of benzene rings is 2. The number of aryl methyl sites for hydroxylation is 1. The molecule has 0 bridgehead atoms. The number of anilines is 1. The second kappa shape index (κ2) is 6.67. The summed E-state index contributed by atoms with van der Waals surface area (Å²) in [5, 5.41) is 7.68. The van der Waals surface area contributed by atoms with Gasteiger partial charge in [0.1, 0.15) is 5.82 Å². The predicted octanol–water partition coefficient (Wildman–Crippen LogP) is 4.15. The summed E-state index contributed by atoms with van der Waals surface area (Å²) in [5.74, 6) is 0.439. The Morgan fingerprint density at radius 1 is 1.17 bits per heavy atom. The molecule has 0 atom stereocenters. The molecule has 3 rings (SSSR count). The Kier molecular flexibility index (Phi) is 4.44.